The molecule has 3 aromatic rings. The molecule has 0 aromatic heterocycles. The SMILES string of the molecule is O=c1nc2ccc(Cl)c3c2=c(c1=C(O)c1ccccc1)c1ccccc1c3=O. The third-order valence-electron chi connectivity index (χ3n) is 5.02. The second kappa shape index (κ2) is 6.01. The van der Waals surface area contributed by atoms with Gasteiger partial charge in [0.05, 0.1) is 21.1 Å². The maximum Gasteiger partial charge on any atom is 0.281 e. The van der Waals surface area contributed by atoms with Crippen LogP contribution >= 0.6 is 11.6 Å². The van der Waals surface area contributed by atoms with Crippen molar-refractivity contribution in [3.05, 3.63) is 114 Å². The first-order chi connectivity index (χ1) is 13.6. The summed E-state index contributed by atoms with van der Waals surface area (Å²) in [6.45, 7) is 0. The molecule has 134 valence electrons. The Hall–Kier alpha value is -3.50. The summed E-state index contributed by atoms with van der Waals surface area (Å²) in [5, 5.41) is 13.7. The Balaban J connectivity index is 2.28. The van der Waals surface area contributed by atoms with Crippen LogP contribution in [0, 0.1) is 10.4 Å². The molecule has 0 radical (unpaired) electrons. The van der Waals surface area contributed by atoms with Gasteiger partial charge in [-0.2, -0.15) is 0 Å². The van der Waals surface area contributed by atoms with Gasteiger partial charge in [-0.3, -0.25) is 9.59 Å². The normalized spacial score (nSPS) is 12.8. The van der Waals surface area contributed by atoms with Gasteiger partial charge in [-0.25, -0.2) is 4.98 Å². The van der Waals surface area contributed by atoms with Crippen molar-refractivity contribution in [1.82, 2.24) is 4.98 Å². The molecule has 1 aliphatic heterocycles. The van der Waals surface area contributed by atoms with Crippen LogP contribution in [0.2, 0.25) is 5.02 Å². The van der Waals surface area contributed by atoms with Gasteiger partial charge < -0.3 is 5.11 Å². The van der Waals surface area contributed by atoms with Gasteiger partial charge in [0.15, 0.2) is 5.43 Å². The predicted molar refractivity (Wildman–Crippen MR) is 110 cm³/mol. The van der Waals surface area contributed by atoms with Gasteiger partial charge in [0, 0.05) is 21.4 Å². The van der Waals surface area contributed by atoms with Crippen LogP contribution in [-0.4, -0.2) is 10.1 Å². The van der Waals surface area contributed by atoms with E-state index in [1.165, 1.54) is 0 Å². The van der Waals surface area contributed by atoms with Crippen LogP contribution in [0.1, 0.15) is 5.56 Å². The van der Waals surface area contributed by atoms with E-state index in [9.17, 15) is 14.7 Å². The van der Waals surface area contributed by atoms with Crippen LogP contribution in [0.15, 0.2) is 76.3 Å². The second-order valence-corrected chi connectivity index (χ2v) is 6.98. The molecule has 0 atom stereocenters. The van der Waals surface area contributed by atoms with Gasteiger partial charge in [0.25, 0.3) is 5.56 Å². The van der Waals surface area contributed by atoms with Crippen molar-refractivity contribution in [2.24, 2.45) is 0 Å². The third-order valence-corrected chi connectivity index (χ3v) is 5.34. The molecule has 5 heteroatoms. The van der Waals surface area contributed by atoms with E-state index in [4.69, 9.17) is 11.6 Å². The number of halogens is 1. The van der Waals surface area contributed by atoms with E-state index in [1.54, 1.807) is 60.7 Å². The maximum absolute atomic E-state index is 13.1. The number of fused-ring (bicyclic) bond motifs is 2. The molecular formula is C23H12ClNO3. The number of hydrogen-bond donors (Lipinski definition) is 1. The quantitative estimate of drug-likeness (QED) is 0.480. The van der Waals surface area contributed by atoms with Crippen molar-refractivity contribution in [2.45, 2.75) is 0 Å². The Labute approximate surface area is 163 Å². The van der Waals surface area contributed by atoms with Gasteiger partial charge in [-0.15, -0.1) is 0 Å². The number of benzene rings is 3. The van der Waals surface area contributed by atoms with Crippen LogP contribution in [0.4, 0.5) is 0 Å². The number of aliphatic hydroxyl groups is 1. The molecule has 0 saturated carbocycles. The van der Waals surface area contributed by atoms with Gasteiger partial charge in [0.1, 0.15) is 5.76 Å². The highest BCUT2D eigenvalue weighted by Gasteiger charge is 2.17. The highest BCUT2D eigenvalue weighted by molar-refractivity contribution is 6.34. The van der Waals surface area contributed by atoms with Crippen molar-refractivity contribution in [1.29, 1.82) is 0 Å². The number of aliphatic hydroxyl groups excluding tert-OH is 1. The summed E-state index contributed by atoms with van der Waals surface area (Å²) in [4.78, 5) is 30.1. The number of rotatable bonds is 1. The average molecular weight is 386 g/mol. The van der Waals surface area contributed by atoms with E-state index in [-0.39, 0.29) is 16.4 Å². The van der Waals surface area contributed by atoms with Crippen molar-refractivity contribution < 1.29 is 5.11 Å². The lowest BCUT2D eigenvalue weighted by Gasteiger charge is -2.08. The molecule has 1 N–H and O–H groups in total. The van der Waals surface area contributed by atoms with Crippen molar-refractivity contribution in [3.8, 4) is 0 Å². The smallest absolute Gasteiger partial charge is 0.281 e. The van der Waals surface area contributed by atoms with Gasteiger partial charge in [0.2, 0.25) is 0 Å². The Bertz CT molecular complexity index is 1610. The standard InChI is InChI=1S/C23H12ClNO3/c24-15-10-11-16-19-17(13-8-4-5-9-14(13)22(27)18(15)19)20(23(28)25-16)21(26)12-6-2-1-3-7-12/h1-11,26H. The third kappa shape index (κ3) is 2.22. The van der Waals surface area contributed by atoms with Crippen LogP contribution in [0.5, 0.6) is 0 Å². The molecule has 0 saturated heterocycles. The zero-order valence-corrected chi connectivity index (χ0v) is 15.2. The fraction of sp³-hybridized carbons (Fsp3) is 0. The molecule has 4 nitrogen and oxygen atoms in total. The van der Waals surface area contributed by atoms with E-state index in [0.717, 1.165) is 0 Å². The molecule has 3 aromatic carbocycles. The molecule has 5 rings (SSSR count). The van der Waals surface area contributed by atoms with Gasteiger partial charge >= 0.3 is 0 Å². The Morgan fingerprint density at radius 1 is 0.821 bits per heavy atom. The largest absolute Gasteiger partial charge is 0.506 e. The van der Waals surface area contributed by atoms with Crippen molar-refractivity contribution >= 4 is 39.0 Å². The summed E-state index contributed by atoms with van der Waals surface area (Å²) < 4.78 is 0. The number of nitrogens with zero attached hydrogens (tertiary/aromatic N) is 1. The summed E-state index contributed by atoms with van der Waals surface area (Å²) in [5.74, 6) is -0.176. The number of hydrogen-bond acceptors (Lipinski definition) is 4. The molecular weight excluding hydrogens is 374 g/mol. The minimum atomic E-state index is -0.554. The van der Waals surface area contributed by atoms with E-state index < -0.39 is 5.56 Å². The molecule has 28 heavy (non-hydrogen) atoms. The van der Waals surface area contributed by atoms with E-state index in [1.807, 2.05) is 6.07 Å². The summed E-state index contributed by atoms with van der Waals surface area (Å²) >= 11 is 6.36. The minimum absolute atomic E-state index is 0.0715. The maximum atomic E-state index is 13.1. The summed E-state index contributed by atoms with van der Waals surface area (Å²) in [5.41, 5.74) is 0.104. The first-order valence-corrected chi connectivity index (χ1v) is 9.04. The van der Waals surface area contributed by atoms with E-state index in [2.05, 4.69) is 4.98 Å². The van der Waals surface area contributed by atoms with E-state index >= 15 is 0 Å². The van der Waals surface area contributed by atoms with Gasteiger partial charge in [-0.1, -0.05) is 66.2 Å². The predicted octanol–water partition coefficient (Wildman–Crippen LogP) is 3.36. The lowest BCUT2D eigenvalue weighted by Crippen LogP contribution is -2.32. The Kier molecular flexibility index (Phi) is 3.57. The fourth-order valence-electron chi connectivity index (χ4n) is 3.79. The average Bonchev–Trinajstić information content (AvgIpc) is 2.72. The Morgan fingerprint density at radius 3 is 2.25 bits per heavy atom. The highest BCUT2D eigenvalue weighted by Crippen LogP contribution is 2.24. The van der Waals surface area contributed by atoms with Gasteiger partial charge in [-0.05, 0) is 17.5 Å². The molecule has 0 fully saturated rings. The summed E-state index contributed by atoms with van der Waals surface area (Å²) in [6.07, 6.45) is 0. The second-order valence-electron chi connectivity index (χ2n) is 6.57. The zero-order valence-electron chi connectivity index (χ0n) is 14.4. The van der Waals surface area contributed by atoms with Crippen molar-refractivity contribution in [2.75, 3.05) is 0 Å². The topological polar surface area (TPSA) is 67.3 Å². The molecule has 1 aliphatic carbocycles. The molecule has 0 spiro atoms. The highest BCUT2D eigenvalue weighted by atomic mass is 35.5. The molecule has 0 unspecified atom stereocenters. The number of aromatic nitrogens is 1. The molecule has 1 heterocycles. The lowest BCUT2D eigenvalue weighted by molar-refractivity contribution is 0.506. The summed E-state index contributed by atoms with van der Waals surface area (Å²) in [7, 11) is 0. The monoisotopic (exact) mass is 385 g/mol. The van der Waals surface area contributed by atoms with Crippen molar-refractivity contribution in [3.63, 3.8) is 0 Å². The minimum Gasteiger partial charge on any atom is -0.506 e. The zero-order chi connectivity index (χ0) is 19.4. The lowest BCUT2D eigenvalue weighted by atomic mass is 9.97. The first kappa shape index (κ1) is 16.7. The molecule has 2 aliphatic rings. The van der Waals surface area contributed by atoms with E-state index in [0.29, 0.717) is 42.7 Å². The summed E-state index contributed by atoms with van der Waals surface area (Å²) in [6, 6.07) is 19.0. The molecule has 0 bridgehead atoms. The van der Waals surface area contributed by atoms with Crippen LogP contribution in [0.25, 0.3) is 27.4 Å². The molecule has 0 amide bonds. The van der Waals surface area contributed by atoms with Crippen LogP contribution < -0.4 is 16.2 Å². The van der Waals surface area contributed by atoms with Crippen LogP contribution in [-0.2, 0) is 0 Å². The first-order valence-electron chi connectivity index (χ1n) is 8.67. The fourth-order valence-corrected chi connectivity index (χ4v) is 4.04. The Morgan fingerprint density at radius 2 is 1.50 bits per heavy atom. The van der Waals surface area contributed by atoms with Crippen LogP contribution in [0.3, 0.4) is 0 Å².